The van der Waals surface area contributed by atoms with Gasteiger partial charge in [0.05, 0.1) is 30.3 Å². The molecule has 3 heterocycles. The fourth-order valence-electron chi connectivity index (χ4n) is 6.37. The number of carbonyl (C=O) groups is 2. The minimum atomic E-state index is -1.73. The smallest absolute Gasteiger partial charge is 0.291 e. The second kappa shape index (κ2) is 9.94. The normalized spacial score (nSPS) is 17.2. The summed E-state index contributed by atoms with van der Waals surface area (Å²) in [6, 6.07) is 25.9. The number of hydrogen-bond acceptors (Lipinski definition) is 5. The van der Waals surface area contributed by atoms with Crippen molar-refractivity contribution in [3.8, 4) is 5.75 Å². The molecule has 43 heavy (non-hydrogen) atoms. The first-order valence-electron chi connectivity index (χ1n) is 14.0. The predicted molar refractivity (Wildman–Crippen MR) is 160 cm³/mol. The van der Waals surface area contributed by atoms with Crippen LogP contribution in [0.15, 0.2) is 100 Å². The molecule has 1 spiro atoms. The number of nitrogens with zero attached hydrogens (tertiary/aromatic N) is 2. The number of fused-ring (bicyclic) bond motifs is 5. The average molecular weight is 575 g/mol. The summed E-state index contributed by atoms with van der Waals surface area (Å²) in [5.74, 6) is -0.747. The van der Waals surface area contributed by atoms with Gasteiger partial charge in [-0.25, -0.2) is 4.39 Å². The third-order valence-electron chi connectivity index (χ3n) is 8.43. The molecule has 2 amide bonds. The Morgan fingerprint density at radius 3 is 2.35 bits per heavy atom. The Hall–Kier alpha value is -5.24. The lowest BCUT2D eigenvalue weighted by molar-refractivity contribution is -0.126. The number of rotatable bonds is 6. The number of anilines is 1. The van der Waals surface area contributed by atoms with E-state index in [0.717, 1.165) is 11.1 Å². The van der Waals surface area contributed by atoms with E-state index in [0.29, 0.717) is 34.4 Å². The molecule has 4 aromatic carbocycles. The third kappa shape index (κ3) is 3.97. The van der Waals surface area contributed by atoms with Gasteiger partial charge in [0.1, 0.15) is 17.1 Å². The van der Waals surface area contributed by atoms with Crippen LogP contribution >= 0.6 is 0 Å². The van der Waals surface area contributed by atoms with Crippen molar-refractivity contribution in [1.82, 2.24) is 4.90 Å². The van der Waals surface area contributed by atoms with Gasteiger partial charge in [-0.3, -0.25) is 14.4 Å². The average Bonchev–Trinajstić information content (AvgIpc) is 3.41. The Bertz CT molecular complexity index is 1980. The monoisotopic (exact) mass is 574 g/mol. The molecule has 0 bridgehead atoms. The van der Waals surface area contributed by atoms with Gasteiger partial charge in [-0.05, 0) is 66.9 Å². The van der Waals surface area contributed by atoms with E-state index < -0.39 is 22.8 Å². The van der Waals surface area contributed by atoms with E-state index in [1.54, 1.807) is 48.4 Å². The zero-order chi connectivity index (χ0) is 29.9. The summed E-state index contributed by atoms with van der Waals surface area (Å²) in [5.41, 5.74) is 1.78. The highest BCUT2D eigenvalue weighted by molar-refractivity contribution is 6.17. The van der Waals surface area contributed by atoms with Crippen LogP contribution in [0.3, 0.4) is 0 Å². The summed E-state index contributed by atoms with van der Waals surface area (Å²) in [6.07, 6.45) is 0.422. The number of amides is 2. The van der Waals surface area contributed by atoms with Crippen LogP contribution in [0.4, 0.5) is 10.1 Å². The second-order valence-corrected chi connectivity index (χ2v) is 10.9. The van der Waals surface area contributed by atoms with Crippen LogP contribution < -0.4 is 15.1 Å². The number of para-hydroxylation sites is 1. The van der Waals surface area contributed by atoms with Crippen LogP contribution in [0.1, 0.15) is 38.4 Å². The number of halogens is 1. The summed E-state index contributed by atoms with van der Waals surface area (Å²) < 4.78 is 25.1. The van der Waals surface area contributed by atoms with Gasteiger partial charge in [0.15, 0.2) is 11.0 Å². The van der Waals surface area contributed by atoms with E-state index >= 15 is 0 Å². The van der Waals surface area contributed by atoms with Crippen molar-refractivity contribution in [2.45, 2.75) is 25.4 Å². The number of methoxy groups -OCH3 is 1. The molecule has 0 N–H and O–H groups in total. The minimum Gasteiger partial charge on any atom is -0.497 e. The van der Waals surface area contributed by atoms with E-state index in [1.165, 1.54) is 17.0 Å². The highest BCUT2D eigenvalue weighted by atomic mass is 19.1. The lowest BCUT2D eigenvalue weighted by atomic mass is 9.83. The molecule has 2 aliphatic rings. The molecular formula is C35H27FN2O5. The van der Waals surface area contributed by atoms with Crippen molar-refractivity contribution >= 4 is 28.5 Å². The lowest BCUT2D eigenvalue weighted by Crippen LogP contribution is -2.53. The van der Waals surface area contributed by atoms with E-state index in [-0.39, 0.29) is 35.8 Å². The first-order valence-corrected chi connectivity index (χ1v) is 14.0. The quantitative estimate of drug-likeness (QED) is 0.259. The van der Waals surface area contributed by atoms with Crippen LogP contribution in [0.2, 0.25) is 0 Å². The maximum Gasteiger partial charge on any atom is 0.291 e. The number of hydrogen-bond donors (Lipinski definition) is 0. The summed E-state index contributed by atoms with van der Waals surface area (Å²) in [6.45, 7) is 2.15. The summed E-state index contributed by atoms with van der Waals surface area (Å²) >= 11 is 0. The Morgan fingerprint density at radius 2 is 1.60 bits per heavy atom. The van der Waals surface area contributed by atoms with Crippen LogP contribution in [-0.2, 0) is 23.3 Å². The highest BCUT2D eigenvalue weighted by Crippen LogP contribution is 2.53. The van der Waals surface area contributed by atoms with Crippen molar-refractivity contribution in [2.75, 3.05) is 18.6 Å². The Labute approximate surface area is 246 Å². The highest BCUT2D eigenvalue weighted by Gasteiger charge is 2.64. The number of benzene rings is 4. The van der Waals surface area contributed by atoms with Gasteiger partial charge in [0, 0.05) is 12.1 Å². The molecule has 0 aliphatic carbocycles. The first-order chi connectivity index (χ1) is 20.8. The third-order valence-corrected chi connectivity index (χ3v) is 8.43. The molecular weight excluding hydrogens is 547 g/mol. The molecule has 8 heteroatoms. The van der Waals surface area contributed by atoms with Gasteiger partial charge in [0.25, 0.3) is 11.8 Å². The van der Waals surface area contributed by atoms with Crippen LogP contribution in [-0.4, -0.2) is 30.4 Å². The van der Waals surface area contributed by atoms with Crippen molar-refractivity contribution < 1.29 is 23.1 Å². The Balaban J connectivity index is 1.43. The standard InChI is InChI=1S/C35H27FN2O5/c1-21-7-16-29-26(19-21)31(39)30-32(43-29)33(40)38(18-17-22-10-14-25(42-2)15-11-22)35(30)27-5-3-4-6-28(27)37(34(35)41)20-23-8-12-24(36)13-9-23/h3-16,19H,17-18,20H2,1-2H3. The Kier molecular flexibility index (Phi) is 6.16. The molecule has 7 nitrogen and oxygen atoms in total. The molecule has 0 saturated heterocycles. The molecule has 0 fully saturated rings. The van der Waals surface area contributed by atoms with Crippen LogP contribution in [0.5, 0.6) is 5.75 Å². The molecule has 0 saturated carbocycles. The van der Waals surface area contributed by atoms with Crippen molar-refractivity contribution in [2.24, 2.45) is 0 Å². The number of aryl methyl sites for hydroxylation is 1. The fourth-order valence-corrected chi connectivity index (χ4v) is 6.37. The maximum atomic E-state index is 14.9. The zero-order valence-corrected chi connectivity index (χ0v) is 23.6. The molecule has 214 valence electrons. The largest absolute Gasteiger partial charge is 0.497 e. The van der Waals surface area contributed by atoms with Crippen molar-refractivity contribution in [3.63, 3.8) is 0 Å². The van der Waals surface area contributed by atoms with Gasteiger partial charge in [-0.2, -0.15) is 0 Å². The predicted octanol–water partition coefficient (Wildman–Crippen LogP) is 5.74. The van der Waals surface area contributed by atoms with Gasteiger partial charge in [0.2, 0.25) is 5.76 Å². The van der Waals surface area contributed by atoms with E-state index in [1.807, 2.05) is 49.4 Å². The van der Waals surface area contributed by atoms with Crippen molar-refractivity contribution in [1.29, 1.82) is 0 Å². The molecule has 5 aromatic rings. The van der Waals surface area contributed by atoms with Crippen molar-refractivity contribution in [3.05, 3.63) is 141 Å². The fraction of sp³-hybridized carbons (Fsp3) is 0.171. The van der Waals surface area contributed by atoms with Gasteiger partial charge in [-0.1, -0.05) is 54.1 Å². The molecule has 0 radical (unpaired) electrons. The van der Waals surface area contributed by atoms with Gasteiger partial charge >= 0.3 is 0 Å². The summed E-state index contributed by atoms with van der Waals surface area (Å²) in [4.78, 5) is 46.6. The van der Waals surface area contributed by atoms with Gasteiger partial charge in [-0.15, -0.1) is 0 Å². The first kappa shape index (κ1) is 26.6. The lowest BCUT2D eigenvalue weighted by Gasteiger charge is -2.34. The topological polar surface area (TPSA) is 80.1 Å². The zero-order valence-electron chi connectivity index (χ0n) is 23.6. The minimum absolute atomic E-state index is 0.0318. The molecule has 7 rings (SSSR count). The summed E-state index contributed by atoms with van der Waals surface area (Å²) in [5, 5.41) is 0.310. The second-order valence-electron chi connectivity index (χ2n) is 10.9. The SMILES string of the molecule is COc1ccc(CCN2C(=O)c3oc4ccc(C)cc4c(=O)c3C23C(=O)N(Cc2ccc(F)cc2)c2ccccc23)cc1. The van der Waals surface area contributed by atoms with Crippen LogP contribution in [0, 0.1) is 12.7 Å². The maximum absolute atomic E-state index is 14.9. The van der Waals surface area contributed by atoms with Gasteiger partial charge < -0.3 is 19.0 Å². The van der Waals surface area contributed by atoms with Crippen LogP contribution in [0.25, 0.3) is 11.0 Å². The van der Waals surface area contributed by atoms with E-state index in [4.69, 9.17) is 9.15 Å². The molecule has 1 atom stereocenters. The Morgan fingerprint density at radius 1 is 0.884 bits per heavy atom. The molecule has 2 aliphatic heterocycles. The van der Waals surface area contributed by atoms with E-state index in [2.05, 4.69) is 0 Å². The van der Waals surface area contributed by atoms with E-state index in [9.17, 15) is 18.8 Å². The number of carbonyl (C=O) groups excluding carboxylic acids is 2. The number of ether oxygens (including phenoxy) is 1. The molecule has 1 unspecified atom stereocenters. The molecule has 1 aromatic heterocycles. The summed E-state index contributed by atoms with van der Waals surface area (Å²) in [7, 11) is 1.59.